The average molecular weight is 221 g/mol. The molecule has 0 N–H and O–H groups in total. The molecule has 3 rings (SSSR count). The topological polar surface area (TPSA) is 43.1 Å². The van der Waals surface area contributed by atoms with Gasteiger partial charge in [-0.2, -0.15) is 0 Å². The third kappa shape index (κ3) is 1.34. The van der Waals surface area contributed by atoms with Crippen LogP contribution in [0.5, 0.6) is 0 Å². The lowest BCUT2D eigenvalue weighted by molar-refractivity contribution is 1.02. The minimum atomic E-state index is 0. The van der Waals surface area contributed by atoms with Crippen LogP contribution in [-0.4, -0.2) is 19.6 Å². The smallest absolute Gasteiger partial charge is 0.179 e. The molecule has 0 aliphatic carbocycles. The fourth-order valence-corrected chi connectivity index (χ4v) is 1.65. The summed E-state index contributed by atoms with van der Waals surface area (Å²) in [6, 6.07) is 7.96. The van der Waals surface area contributed by atoms with Gasteiger partial charge in [-0.05, 0) is 19.1 Å². The van der Waals surface area contributed by atoms with Gasteiger partial charge in [0.05, 0.1) is 17.2 Å². The van der Waals surface area contributed by atoms with Crippen molar-refractivity contribution in [1.29, 1.82) is 0 Å². The van der Waals surface area contributed by atoms with E-state index in [-0.39, 0.29) is 12.4 Å². The summed E-state index contributed by atoms with van der Waals surface area (Å²) in [7, 11) is 0. The lowest BCUT2D eigenvalue weighted by Crippen LogP contribution is -1.92. The molecule has 0 fully saturated rings. The van der Waals surface area contributed by atoms with Crippen LogP contribution in [0.3, 0.4) is 0 Å². The largest absolute Gasteiger partial charge is 0.276 e. The monoisotopic (exact) mass is 220 g/mol. The van der Waals surface area contributed by atoms with Crippen LogP contribution in [-0.2, 0) is 0 Å². The van der Waals surface area contributed by atoms with Gasteiger partial charge in [-0.3, -0.25) is 9.38 Å². The Kier molecular flexibility index (Phi) is 2.28. The molecule has 0 spiro atoms. The Balaban J connectivity index is 0.000000853. The maximum absolute atomic E-state index is 4.30. The van der Waals surface area contributed by atoms with E-state index in [4.69, 9.17) is 0 Å². The van der Waals surface area contributed by atoms with Crippen LogP contribution in [0.25, 0.3) is 16.7 Å². The third-order valence-corrected chi connectivity index (χ3v) is 2.29. The van der Waals surface area contributed by atoms with E-state index >= 15 is 0 Å². The highest BCUT2D eigenvalue weighted by Gasteiger charge is 2.04. The maximum Gasteiger partial charge on any atom is 0.179 e. The summed E-state index contributed by atoms with van der Waals surface area (Å²) in [6.07, 6.45) is 1.74. The molecule has 0 saturated carbocycles. The molecule has 1 aromatic carbocycles. The highest BCUT2D eigenvalue weighted by Crippen LogP contribution is 2.13. The van der Waals surface area contributed by atoms with Crippen LogP contribution in [0.15, 0.2) is 30.5 Å². The lowest BCUT2D eigenvalue weighted by Gasteiger charge is -2.00. The number of rotatable bonds is 0. The second-order valence-electron chi connectivity index (χ2n) is 3.19. The van der Waals surface area contributed by atoms with Crippen molar-refractivity contribution >= 4 is 29.1 Å². The molecule has 0 bridgehead atoms. The van der Waals surface area contributed by atoms with E-state index in [9.17, 15) is 0 Å². The molecule has 0 aliphatic heterocycles. The number of nitrogens with zero attached hydrogens (tertiary/aromatic N) is 4. The number of hydrogen-bond donors (Lipinski definition) is 0. The number of fused-ring (bicyclic) bond motifs is 3. The van der Waals surface area contributed by atoms with Crippen molar-refractivity contribution in [1.82, 2.24) is 19.6 Å². The van der Waals surface area contributed by atoms with Crippen molar-refractivity contribution in [2.75, 3.05) is 0 Å². The minimum Gasteiger partial charge on any atom is -0.276 e. The van der Waals surface area contributed by atoms with Crippen LogP contribution < -0.4 is 0 Å². The number of benzene rings is 1. The first-order chi connectivity index (χ1) is 6.86. The Morgan fingerprint density at radius 1 is 1.13 bits per heavy atom. The summed E-state index contributed by atoms with van der Waals surface area (Å²) in [6.45, 7) is 1.94. The standard InChI is InChI=1S/C10H8N4.ClH/c1-7-12-13-10-6-11-8-4-2-3-5-9(8)14(7)10;/h2-6H,1H3;1H. The van der Waals surface area contributed by atoms with Crippen molar-refractivity contribution in [3.8, 4) is 0 Å². The van der Waals surface area contributed by atoms with Gasteiger partial charge in [0.15, 0.2) is 5.65 Å². The molecule has 15 heavy (non-hydrogen) atoms. The average Bonchev–Trinajstić information content (AvgIpc) is 2.61. The molecule has 0 aliphatic rings. The van der Waals surface area contributed by atoms with Gasteiger partial charge < -0.3 is 0 Å². The quantitative estimate of drug-likeness (QED) is 0.582. The van der Waals surface area contributed by atoms with E-state index in [1.165, 1.54) is 0 Å². The molecule has 4 nitrogen and oxygen atoms in total. The van der Waals surface area contributed by atoms with Gasteiger partial charge >= 0.3 is 0 Å². The second-order valence-corrected chi connectivity index (χ2v) is 3.19. The molecular weight excluding hydrogens is 212 g/mol. The van der Waals surface area contributed by atoms with Crippen molar-refractivity contribution in [3.05, 3.63) is 36.3 Å². The molecule has 76 valence electrons. The predicted octanol–water partition coefficient (Wildman–Crippen LogP) is 2.01. The van der Waals surface area contributed by atoms with Crippen molar-refractivity contribution in [2.45, 2.75) is 6.92 Å². The van der Waals surface area contributed by atoms with E-state index < -0.39 is 0 Å². The molecule has 2 aromatic heterocycles. The van der Waals surface area contributed by atoms with Crippen LogP contribution >= 0.6 is 12.4 Å². The second kappa shape index (κ2) is 3.47. The Bertz CT molecular complexity index is 617. The first kappa shape index (κ1) is 9.86. The SMILES string of the molecule is Cc1nnc2cnc3ccccc3n12.Cl. The van der Waals surface area contributed by atoms with Crippen molar-refractivity contribution in [3.63, 3.8) is 0 Å². The van der Waals surface area contributed by atoms with Gasteiger partial charge in [0.2, 0.25) is 0 Å². The molecule has 0 radical (unpaired) electrons. The molecule has 0 saturated heterocycles. The molecule has 5 heteroatoms. The lowest BCUT2D eigenvalue weighted by atomic mass is 10.3. The summed E-state index contributed by atoms with van der Waals surface area (Å²) in [5, 5.41) is 8.04. The Morgan fingerprint density at radius 3 is 2.80 bits per heavy atom. The Labute approximate surface area is 92.4 Å². The predicted molar refractivity (Wildman–Crippen MR) is 60.3 cm³/mol. The highest BCUT2D eigenvalue weighted by atomic mass is 35.5. The molecule has 0 amide bonds. The van der Waals surface area contributed by atoms with Gasteiger partial charge in [-0.1, -0.05) is 12.1 Å². The summed E-state index contributed by atoms with van der Waals surface area (Å²) >= 11 is 0. The van der Waals surface area contributed by atoms with Crippen LogP contribution in [0.4, 0.5) is 0 Å². The summed E-state index contributed by atoms with van der Waals surface area (Å²) < 4.78 is 2.00. The molecule has 2 heterocycles. The fraction of sp³-hybridized carbons (Fsp3) is 0.100. The zero-order chi connectivity index (χ0) is 9.54. The summed E-state index contributed by atoms with van der Waals surface area (Å²) in [5.74, 6) is 0.888. The van der Waals surface area contributed by atoms with Crippen LogP contribution in [0, 0.1) is 6.92 Å². The van der Waals surface area contributed by atoms with E-state index in [2.05, 4.69) is 15.2 Å². The van der Waals surface area contributed by atoms with Crippen molar-refractivity contribution < 1.29 is 0 Å². The number of halogens is 1. The van der Waals surface area contributed by atoms with E-state index in [1.54, 1.807) is 6.20 Å². The molecule has 0 atom stereocenters. The fourth-order valence-electron chi connectivity index (χ4n) is 1.65. The first-order valence-electron chi connectivity index (χ1n) is 4.42. The first-order valence-corrected chi connectivity index (χ1v) is 4.42. The third-order valence-electron chi connectivity index (χ3n) is 2.29. The van der Waals surface area contributed by atoms with Crippen LogP contribution in [0.2, 0.25) is 0 Å². The maximum atomic E-state index is 4.30. The van der Waals surface area contributed by atoms with Gasteiger partial charge in [-0.25, -0.2) is 0 Å². The summed E-state index contributed by atoms with van der Waals surface area (Å²) in [4.78, 5) is 4.30. The molecular formula is C10H9ClN4. The van der Waals surface area contributed by atoms with Gasteiger partial charge in [0, 0.05) is 0 Å². The number of para-hydroxylation sites is 2. The van der Waals surface area contributed by atoms with E-state index in [1.807, 2.05) is 35.6 Å². The van der Waals surface area contributed by atoms with Crippen LogP contribution in [0.1, 0.15) is 5.82 Å². The Morgan fingerprint density at radius 2 is 1.93 bits per heavy atom. The van der Waals surface area contributed by atoms with Gasteiger partial charge in [0.1, 0.15) is 5.82 Å². The highest BCUT2D eigenvalue weighted by molar-refractivity contribution is 5.85. The van der Waals surface area contributed by atoms with Gasteiger partial charge in [0.25, 0.3) is 0 Å². The van der Waals surface area contributed by atoms with E-state index in [0.717, 1.165) is 22.5 Å². The van der Waals surface area contributed by atoms with Crippen molar-refractivity contribution in [2.24, 2.45) is 0 Å². The zero-order valence-corrected chi connectivity index (χ0v) is 8.90. The normalized spacial score (nSPS) is 10.5. The number of aryl methyl sites for hydroxylation is 1. The molecule has 0 unspecified atom stereocenters. The number of aromatic nitrogens is 4. The minimum absolute atomic E-state index is 0. The Hall–Kier alpha value is -1.68. The van der Waals surface area contributed by atoms with E-state index in [0.29, 0.717) is 0 Å². The zero-order valence-electron chi connectivity index (χ0n) is 8.08. The number of hydrogen-bond acceptors (Lipinski definition) is 3. The van der Waals surface area contributed by atoms with Gasteiger partial charge in [-0.15, -0.1) is 22.6 Å². The summed E-state index contributed by atoms with van der Waals surface area (Å²) in [5.41, 5.74) is 2.80. The molecule has 3 aromatic rings.